The third kappa shape index (κ3) is 1.85. The number of aromatic nitrogens is 1. The second kappa shape index (κ2) is 3.40. The van der Waals surface area contributed by atoms with Gasteiger partial charge in [0.05, 0.1) is 0 Å². The van der Waals surface area contributed by atoms with E-state index in [1.165, 1.54) is 6.07 Å². The second-order valence-electron chi connectivity index (χ2n) is 2.17. The van der Waals surface area contributed by atoms with Gasteiger partial charge in [-0.25, -0.2) is 4.98 Å². The second-order valence-corrected chi connectivity index (χ2v) is 2.61. The van der Waals surface area contributed by atoms with Crippen molar-refractivity contribution in [2.45, 2.75) is 0 Å². The fourth-order valence-corrected chi connectivity index (χ4v) is 0.958. The van der Waals surface area contributed by atoms with Crippen LogP contribution in [0.1, 0.15) is 10.5 Å². The van der Waals surface area contributed by atoms with Gasteiger partial charge in [-0.05, 0) is 12.1 Å². The van der Waals surface area contributed by atoms with Crippen LogP contribution in [0.15, 0.2) is 12.1 Å². The number of hydrogen-bond donors (Lipinski definition) is 2. The summed E-state index contributed by atoms with van der Waals surface area (Å²) >= 11 is 5.69. The summed E-state index contributed by atoms with van der Waals surface area (Å²) in [6, 6.07) is 3.03. The quantitative estimate of drug-likeness (QED) is 0.719. The molecule has 0 unspecified atom stereocenters. The number of primary amides is 1. The lowest BCUT2D eigenvalue weighted by atomic mass is 10.3. The zero-order valence-electron chi connectivity index (χ0n) is 6.47. The van der Waals surface area contributed by atoms with Crippen molar-refractivity contribution in [1.29, 1.82) is 0 Å². The van der Waals surface area contributed by atoms with E-state index in [1.54, 1.807) is 13.1 Å². The smallest absolute Gasteiger partial charge is 0.267 e. The summed E-state index contributed by atoms with van der Waals surface area (Å²) in [5.74, 6) is -0.0645. The number of anilines is 1. The molecule has 0 fully saturated rings. The standard InChI is InChI=1S/C7H8ClN3O/c1-10-6-3-4(8)2-5(11-6)7(9)12/h2-3H,1H3,(H2,9,12)(H,10,11). The summed E-state index contributed by atoms with van der Waals surface area (Å²) in [5, 5.41) is 3.19. The van der Waals surface area contributed by atoms with Gasteiger partial charge in [0.15, 0.2) is 0 Å². The molecule has 12 heavy (non-hydrogen) atoms. The van der Waals surface area contributed by atoms with E-state index in [2.05, 4.69) is 10.3 Å². The molecule has 1 amide bonds. The number of pyridine rings is 1. The molecule has 0 saturated carbocycles. The molecule has 1 aromatic heterocycles. The Morgan fingerprint density at radius 3 is 2.83 bits per heavy atom. The van der Waals surface area contributed by atoms with E-state index in [9.17, 15) is 4.79 Å². The fraction of sp³-hybridized carbons (Fsp3) is 0.143. The molecule has 4 nitrogen and oxygen atoms in total. The zero-order valence-corrected chi connectivity index (χ0v) is 7.22. The third-order valence-corrected chi connectivity index (χ3v) is 1.52. The molecule has 0 saturated heterocycles. The van der Waals surface area contributed by atoms with E-state index >= 15 is 0 Å². The highest BCUT2D eigenvalue weighted by atomic mass is 35.5. The Kier molecular flexibility index (Phi) is 2.50. The van der Waals surface area contributed by atoms with Gasteiger partial charge in [0.1, 0.15) is 11.5 Å². The van der Waals surface area contributed by atoms with Crippen LogP contribution in [-0.2, 0) is 0 Å². The van der Waals surface area contributed by atoms with Crippen LogP contribution < -0.4 is 11.1 Å². The molecule has 0 aliphatic heterocycles. The summed E-state index contributed by atoms with van der Waals surface area (Å²) in [5.41, 5.74) is 5.18. The van der Waals surface area contributed by atoms with Gasteiger partial charge < -0.3 is 11.1 Å². The van der Waals surface area contributed by atoms with Gasteiger partial charge >= 0.3 is 0 Å². The van der Waals surface area contributed by atoms with Gasteiger partial charge in [0.25, 0.3) is 5.91 Å². The molecule has 0 atom stereocenters. The van der Waals surface area contributed by atoms with Gasteiger partial charge in [0, 0.05) is 12.1 Å². The molecular weight excluding hydrogens is 178 g/mol. The van der Waals surface area contributed by atoms with Crippen LogP contribution in [0.2, 0.25) is 5.02 Å². The van der Waals surface area contributed by atoms with Gasteiger partial charge in [-0.3, -0.25) is 4.79 Å². The minimum atomic E-state index is -0.589. The molecule has 1 rings (SSSR count). The maximum absolute atomic E-state index is 10.7. The molecule has 0 aromatic carbocycles. The van der Waals surface area contributed by atoms with Crippen LogP contribution in [0.3, 0.4) is 0 Å². The van der Waals surface area contributed by atoms with E-state index in [4.69, 9.17) is 17.3 Å². The van der Waals surface area contributed by atoms with Gasteiger partial charge in [-0.15, -0.1) is 0 Å². The normalized spacial score (nSPS) is 9.50. The van der Waals surface area contributed by atoms with E-state index < -0.39 is 5.91 Å². The maximum atomic E-state index is 10.7. The lowest BCUT2D eigenvalue weighted by Gasteiger charge is -2.01. The number of nitrogens with zero attached hydrogens (tertiary/aromatic N) is 1. The molecule has 0 radical (unpaired) electrons. The Hall–Kier alpha value is -1.29. The molecular formula is C7H8ClN3O. The summed E-state index contributed by atoms with van der Waals surface area (Å²) < 4.78 is 0. The molecule has 3 N–H and O–H groups in total. The summed E-state index contributed by atoms with van der Waals surface area (Å²) in [6.45, 7) is 0. The van der Waals surface area contributed by atoms with Crippen LogP contribution in [-0.4, -0.2) is 17.9 Å². The molecule has 0 spiro atoms. The minimum Gasteiger partial charge on any atom is -0.373 e. The number of carbonyl (C=O) groups excluding carboxylic acids is 1. The Bertz CT molecular complexity index is 314. The molecule has 0 bridgehead atoms. The van der Waals surface area contributed by atoms with Crippen molar-refractivity contribution < 1.29 is 4.79 Å². The number of amides is 1. The predicted octanol–water partition coefficient (Wildman–Crippen LogP) is 0.876. The number of halogens is 1. The van der Waals surface area contributed by atoms with Crippen LogP contribution in [0.25, 0.3) is 0 Å². The SMILES string of the molecule is CNc1cc(Cl)cc(C(N)=O)n1. The minimum absolute atomic E-state index is 0.159. The highest BCUT2D eigenvalue weighted by Crippen LogP contribution is 2.14. The topological polar surface area (TPSA) is 68.0 Å². The summed E-state index contributed by atoms with van der Waals surface area (Å²) in [4.78, 5) is 14.6. The van der Waals surface area contributed by atoms with E-state index in [0.29, 0.717) is 10.8 Å². The van der Waals surface area contributed by atoms with Crippen molar-refractivity contribution in [1.82, 2.24) is 4.98 Å². The summed E-state index contributed by atoms with van der Waals surface area (Å²) in [7, 11) is 1.68. The van der Waals surface area contributed by atoms with Crippen LogP contribution in [0.4, 0.5) is 5.82 Å². The molecule has 1 heterocycles. The van der Waals surface area contributed by atoms with Crippen LogP contribution in [0, 0.1) is 0 Å². The van der Waals surface area contributed by atoms with Crippen LogP contribution >= 0.6 is 11.6 Å². The first-order valence-corrected chi connectivity index (χ1v) is 3.66. The molecule has 1 aromatic rings. The number of nitrogens with one attached hydrogen (secondary N) is 1. The Morgan fingerprint density at radius 1 is 1.67 bits per heavy atom. The first-order chi connectivity index (χ1) is 5.63. The van der Waals surface area contributed by atoms with Crippen molar-refractivity contribution >= 4 is 23.3 Å². The lowest BCUT2D eigenvalue weighted by molar-refractivity contribution is 0.0995. The van der Waals surface area contributed by atoms with E-state index in [1.807, 2.05) is 0 Å². The zero-order chi connectivity index (χ0) is 9.14. The number of hydrogen-bond acceptors (Lipinski definition) is 3. The lowest BCUT2D eigenvalue weighted by Crippen LogP contribution is -2.13. The molecule has 0 aliphatic carbocycles. The Balaban J connectivity index is 3.15. The number of carbonyl (C=O) groups is 1. The molecule has 0 aliphatic rings. The number of nitrogens with two attached hydrogens (primary N) is 1. The van der Waals surface area contributed by atoms with Crippen molar-refractivity contribution in [3.05, 3.63) is 22.8 Å². The van der Waals surface area contributed by atoms with Crippen LogP contribution in [0.5, 0.6) is 0 Å². The Labute approximate surface area is 74.7 Å². The largest absolute Gasteiger partial charge is 0.373 e. The average molecular weight is 186 g/mol. The van der Waals surface area contributed by atoms with Crippen molar-refractivity contribution in [3.8, 4) is 0 Å². The van der Waals surface area contributed by atoms with E-state index in [0.717, 1.165) is 0 Å². The average Bonchev–Trinajstić information content (AvgIpc) is 2.03. The highest BCUT2D eigenvalue weighted by Gasteiger charge is 2.04. The first kappa shape index (κ1) is 8.80. The molecule has 64 valence electrons. The van der Waals surface area contributed by atoms with Gasteiger partial charge in [-0.2, -0.15) is 0 Å². The Morgan fingerprint density at radius 2 is 2.33 bits per heavy atom. The van der Waals surface area contributed by atoms with Crippen molar-refractivity contribution in [2.24, 2.45) is 5.73 Å². The fourth-order valence-electron chi connectivity index (χ4n) is 0.751. The van der Waals surface area contributed by atoms with Gasteiger partial charge in [0.2, 0.25) is 0 Å². The monoisotopic (exact) mass is 185 g/mol. The maximum Gasteiger partial charge on any atom is 0.267 e. The van der Waals surface area contributed by atoms with Crippen molar-refractivity contribution in [3.63, 3.8) is 0 Å². The summed E-state index contributed by atoms with van der Waals surface area (Å²) in [6.07, 6.45) is 0. The van der Waals surface area contributed by atoms with E-state index in [-0.39, 0.29) is 5.69 Å². The molecule has 5 heteroatoms. The predicted molar refractivity (Wildman–Crippen MR) is 47.3 cm³/mol. The van der Waals surface area contributed by atoms with Gasteiger partial charge in [-0.1, -0.05) is 11.6 Å². The highest BCUT2D eigenvalue weighted by molar-refractivity contribution is 6.31. The third-order valence-electron chi connectivity index (χ3n) is 1.30. The number of rotatable bonds is 2. The van der Waals surface area contributed by atoms with Crippen molar-refractivity contribution in [2.75, 3.05) is 12.4 Å². The first-order valence-electron chi connectivity index (χ1n) is 3.28.